The van der Waals surface area contributed by atoms with Crippen molar-refractivity contribution in [3.63, 3.8) is 0 Å². The average Bonchev–Trinajstić information content (AvgIpc) is 2.49. The summed E-state index contributed by atoms with van der Waals surface area (Å²) in [6.07, 6.45) is 0. The Morgan fingerprint density at radius 1 is 1.00 bits per heavy atom. The van der Waals surface area contributed by atoms with Crippen molar-refractivity contribution in [2.24, 2.45) is 0 Å². The third-order valence-electron chi connectivity index (χ3n) is 3.83. The molecule has 0 aromatic heterocycles. The first kappa shape index (κ1) is 13.6. The van der Waals surface area contributed by atoms with Crippen molar-refractivity contribution >= 4 is 11.6 Å². The molecular weight excluding hydrogens is 270 g/mol. The molecule has 2 aromatic rings. The Morgan fingerprint density at radius 2 is 1.60 bits per heavy atom. The van der Waals surface area contributed by atoms with E-state index >= 15 is 0 Å². The lowest BCUT2D eigenvalue weighted by Crippen LogP contribution is -2.48. The van der Waals surface area contributed by atoms with E-state index in [0.29, 0.717) is 6.61 Å². The Labute approximate surface area is 124 Å². The average molecular weight is 288 g/mol. The first-order valence-corrected chi connectivity index (χ1v) is 7.26. The molecule has 2 nitrogen and oxygen atoms in total. The SMILES string of the molecule is Cc1ccc(C2(c3ccc(Cl)cc3)CNCCO2)cc1. The first-order chi connectivity index (χ1) is 9.71. The molecule has 0 radical (unpaired) electrons. The zero-order valence-corrected chi connectivity index (χ0v) is 12.3. The van der Waals surface area contributed by atoms with E-state index in [9.17, 15) is 0 Å². The fourth-order valence-corrected chi connectivity index (χ4v) is 2.82. The van der Waals surface area contributed by atoms with Crippen LogP contribution in [0.2, 0.25) is 5.02 Å². The number of nitrogens with one attached hydrogen (secondary N) is 1. The van der Waals surface area contributed by atoms with Crippen molar-refractivity contribution in [3.05, 3.63) is 70.2 Å². The van der Waals surface area contributed by atoms with E-state index in [0.717, 1.165) is 23.7 Å². The molecule has 0 amide bonds. The Hall–Kier alpha value is -1.35. The van der Waals surface area contributed by atoms with E-state index in [1.807, 2.05) is 12.1 Å². The smallest absolute Gasteiger partial charge is 0.130 e. The third-order valence-corrected chi connectivity index (χ3v) is 4.08. The Bertz CT molecular complexity index is 523. The van der Waals surface area contributed by atoms with Gasteiger partial charge in [-0.25, -0.2) is 0 Å². The lowest BCUT2D eigenvalue weighted by molar-refractivity contribution is -0.0404. The molecule has 104 valence electrons. The molecule has 1 saturated heterocycles. The van der Waals surface area contributed by atoms with Crippen LogP contribution in [0.3, 0.4) is 0 Å². The maximum Gasteiger partial charge on any atom is 0.130 e. The van der Waals surface area contributed by atoms with Gasteiger partial charge in [-0.05, 0) is 30.2 Å². The van der Waals surface area contributed by atoms with Crippen LogP contribution in [0.5, 0.6) is 0 Å². The summed E-state index contributed by atoms with van der Waals surface area (Å²) in [5.74, 6) is 0. The summed E-state index contributed by atoms with van der Waals surface area (Å²) in [5, 5.41) is 4.19. The highest BCUT2D eigenvalue weighted by Crippen LogP contribution is 2.35. The van der Waals surface area contributed by atoms with Gasteiger partial charge in [0.15, 0.2) is 0 Å². The van der Waals surface area contributed by atoms with Crippen LogP contribution in [-0.2, 0) is 10.3 Å². The standard InChI is InChI=1S/C17H18ClNO/c1-13-2-4-14(5-3-13)17(12-19-10-11-20-17)15-6-8-16(18)9-7-15/h2-9,19H,10-12H2,1H3. The fourth-order valence-electron chi connectivity index (χ4n) is 2.69. The molecule has 20 heavy (non-hydrogen) atoms. The van der Waals surface area contributed by atoms with Crippen molar-refractivity contribution in [2.75, 3.05) is 19.7 Å². The predicted molar refractivity (Wildman–Crippen MR) is 82.2 cm³/mol. The summed E-state index contributed by atoms with van der Waals surface area (Å²) in [4.78, 5) is 0. The molecule has 3 heteroatoms. The highest BCUT2D eigenvalue weighted by Gasteiger charge is 2.37. The fraction of sp³-hybridized carbons (Fsp3) is 0.294. The minimum atomic E-state index is -0.420. The normalized spacial score (nSPS) is 22.7. The van der Waals surface area contributed by atoms with Gasteiger partial charge in [0.05, 0.1) is 6.61 Å². The van der Waals surface area contributed by atoms with Crippen molar-refractivity contribution < 1.29 is 4.74 Å². The lowest BCUT2D eigenvalue weighted by atomic mass is 9.85. The molecule has 2 aromatic carbocycles. The molecule has 1 unspecified atom stereocenters. The van der Waals surface area contributed by atoms with Crippen LogP contribution in [0.15, 0.2) is 48.5 Å². The molecule has 3 rings (SSSR count). The summed E-state index contributed by atoms with van der Waals surface area (Å²) in [5.41, 5.74) is 3.15. The van der Waals surface area contributed by atoms with Crippen LogP contribution in [0.1, 0.15) is 16.7 Å². The Kier molecular flexibility index (Phi) is 3.79. The van der Waals surface area contributed by atoms with Crippen LogP contribution in [0.25, 0.3) is 0 Å². The summed E-state index contributed by atoms with van der Waals surface area (Å²) >= 11 is 6.01. The Morgan fingerprint density at radius 3 is 2.15 bits per heavy atom. The van der Waals surface area contributed by atoms with Gasteiger partial charge in [-0.3, -0.25) is 0 Å². The number of hydrogen-bond acceptors (Lipinski definition) is 2. The van der Waals surface area contributed by atoms with E-state index in [1.165, 1.54) is 11.1 Å². The monoisotopic (exact) mass is 287 g/mol. The zero-order chi connectivity index (χ0) is 14.0. The summed E-state index contributed by atoms with van der Waals surface area (Å²) in [7, 11) is 0. The van der Waals surface area contributed by atoms with E-state index < -0.39 is 5.60 Å². The third kappa shape index (κ3) is 2.47. The van der Waals surface area contributed by atoms with Gasteiger partial charge in [0.25, 0.3) is 0 Å². The molecule has 1 aliphatic heterocycles. The molecule has 1 heterocycles. The lowest BCUT2D eigenvalue weighted by Gasteiger charge is -2.39. The first-order valence-electron chi connectivity index (χ1n) is 6.89. The minimum absolute atomic E-state index is 0.420. The number of ether oxygens (including phenoxy) is 1. The van der Waals surface area contributed by atoms with Crippen molar-refractivity contribution in [1.82, 2.24) is 5.32 Å². The molecule has 1 fully saturated rings. The predicted octanol–water partition coefficient (Wildman–Crippen LogP) is 3.51. The van der Waals surface area contributed by atoms with Gasteiger partial charge in [-0.15, -0.1) is 0 Å². The molecular formula is C17H18ClNO. The summed E-state index contributed by atoms with van der Waals surface area (Å²) < 4.78 is 6.21. The molecule has 1 aliphatic rings. The van der Waals surface area contributed by atoms with E-state index in [2.05, 4.69) is 48.6 Å². The number of hydrogen-bond donors (Lipinski definition) is 1. The van der Waals surface area contributed by atoms with Crippen LogP contribution < -0.4 is 5.32 Å². The second-order valence-electron chi connectivity index (χ2n) is 5.23. The van der Waals surface area contributed by atoms with Gasteiger partial charge >= 0.3 is 0 Å². The van der Waals surface area contributed by atoms with E-state index in [-0.39, 0.29) is 0 Å². The van der Waals surface area contributed by atoms with Gasteiger partial charge in [0.1, 0.15) is 5.60 Å². The highest BCUT2D eigenvalue weighted by atomic mass is 35.5. The molecule has 1 atom stereocenters. The second-order valence-corrected chi connectivity index (χ2v) is 5.66. The largest absolute Gasteiger partial charge is 0.363 e. The number of aryl methyl sites for hydroxylation is 1. The molecule has 0 spiro atoms. The number of rotatable bonds is 2. The van der Waals surface area contributed by atoms with Crippen molar-refractivity contribution in [2.45, 2.75) is 12.5 Å². The molecule has 0 bridgehead atoms. The van der Waals surface area contributed by atoms with E-state index in [1.54, 1.807) is 0 Å². The summed E-state index contributed by atoms with van der Waals surface area (Å²) in [6.45, 7) is 4.47. The Balaban J connectivity index is 2.08. The van der Waals surface area contributed by atoms with Gasteiger partial charge in [0, 0.05) is 18.1 Å². The van der Waals surface area contributed by atoms with Crippen LogP contribution in [0.4, 0.5) is 0 Å². The second kappa shape index (κ2) is 5.57. The summed E-state index contributed by atoms with van der Waals surface area (Å²) in [6, 6.07) is 16.5. The minimum Gasteiger partial charge on any atom is -0.363 e. The quantitative estimate of drug-likeness (QED) is 0.913. The molecule has 0 saturated carbocycles. The number of morpholine rings is 1. The van der Waals surface area contributed by atoms with Crippen LogP contribution in [0, 0.1) is 6.92 Å². The van der Waals surface area contributed by atoms with Gasteiger partial charge < -0.3 is 10.1 Å². The van der Waals surface area contributed by atoms with E-state index in [4.69, 9.17) is 16.3 Å². The van der Waals surface area contributed by atoms with Crippen LogP contribution in [-0.4, -0.2) is 19.7 Å². The van der Waals surface area contributed by atoms with Gasteiger partial charge in [0.2, 0.25) is 0 Å². The highest BCUT2D eigenvalue weighted by molar-refractivity contribution is 6.30. The zero-order valence-electron chi connectivity index (χ0n) is 11.5. The van der Waals surface area contributed by atoms with Crippen molar-refractivity contribution in [3.8, 4) is 0 Å². The van der Waals surface area contributed by atoms with Crippen molar-refractivity contribution in [1.29, 1.82) is 0 Å². The molecule has 1 N–H and O–H groups in total. The maximum atomic E-state index is 6.21. The molecule has 0 aliphatic carbocycles. The van der Waals surface area contributed by atoms with Gasteiger partial charge in [-0.1, -0.05) is 53.6 Å². The maximum absolute atomic E-state index is 6.21. The number of halogens is 1. The van der Waals surface area contributed by atoms with Crippen LogP contribution >= 0.6 is 11.6 Å². The topological polar surface area (TPSA) is 21.3 Å². The van der Waals surface area contributed by atoms with Gasteiger partial charge in [-0.2, -0.15) is 0 Å². The number of benzene rings is 2.